The fraction of sp³-hybridized carbons (Fsp3) is 0.368. The number of amides is 1. The lowest BCUT2D eigenvalue weighted by Gasteiger charge is -2.22. The van der Waals surface area contributed by atoms with Crippen molar-refractivity contribution in [3.8, 4) is 5.75 Å². The number of benzene rings is 2. The van der Waals surface area contributed by atoms with Crippen LogP contribution in [0.3, 0.4) is 0 Å². The van der Waals surface area contributed by atoms with Crippen molar-refractivity contribution in [2.45, 2.75) is 12.5 Å². The second-order valence-electron chi connectivity index (χ2n) is 6.00. The number of hydrogen-bond acceptors (Lipinski definition) is 6. The van der Waals surface area contributed by atoms with Gasteiger partial charge in [-0.3, -0.25) is 4.79 Å². The van der Waals surface area contributed by atoms with Crippen LogP contribution >= 0.6 is 24.2 Å². The molecule has 1 fully saturated rings. The highest BCUT2D eigenvalue weighted by atomic mass is 35.5. The molecule has 0 spiro atoms. The van der Waals surface area contributed by atoms with E-state index in [2.05, 4.69) is 15.4 Å². The highest BCUT2D eigenvalue weighted by Gasteiger charge is 2.17. The molecule has 6 nitrogen and oxygen atoms in total. The summed E-state index contributed by atoms with van der Waals surface area (Å²) in [7, 11) is 1.32. The van der Waals surface area contributed by atoms with Crippen LogP contribution in [0, 0.1) is 0 Å². The Morgan fingerprint density at radius 1 is 1.22 bits per heavy atom. The van der Waals surface area contributed by atoms with Gasteiger partial charge in [-0.1, -0.05) is 24.3 Å². The van der Waals surface area contributed by atoms with E-state index in [1.807, 2.05) is 36.0 Å². The molecule has 1 amide bonds. The maximum atomic E-state index is 12.4. The SMILES string of the molecule is COC(=O)COc1ccc(NC(=O)CC2CSCCN2)c2ccccc12.Cl. The third kappa shape index (κ3) is 5.76. The minimum absolute atomic E-state index is 0. The first-order valence-electron chi connectivity index (χ1n) is 8.49. The quantitative estimate of drug-likeness (QED) is 0.713. The van der Waals surface area contributed by atoms with E-state index in [0.29, 0.717) is 12.2 Å². The molecule has 27 heavy (non-hydrogen) atoms. The molecule has 0 aliphatic carbocycles. The van der Waals surface area contributed by atoms with Crippen LogP contribution < -0.4 is 15.4 Å². The number of nitrogens with one attached hydrogen (secondary N) is 2. The number of hydrogen-bond donors (Lipinski definition) is 2. The van der Waals surface area contributed by atoms with Crippen LogP contribution in [0.25, 0.3) is 10.8 Å². The number of esters is 1. The normalized spacial score (nSPS) is 16.3. The highest BCUT2D eigenvalue weighted by molar-refractivity contribution is 7.99. The molecule has 2 aromatic carbocycles. The Kier molecular flexibility index (Phi) is 8.22. The predicted octanol–water partition coefficient (Wildman–Crippen LogP) is 2.85. The van der Waals surface area contributed by atoms with Gasteiger partial charge in [-0.15, -0.1) is 12.4 Å². The Hall–Kier alpha value is -1.96. The molecule has 3 rings (SSSR count). The molecule has 0 saturated carbocycles. The first kappa shape index (κ1) is 21.3. The van der Waals surface area contributed by atoms with Crippen LogP contribution in [0.2, 0.25) is 0 Å². The van der Waals surface area contributed by atoms with Gasteiger partial charge in [0, 0.05) is 47.0 Å². The summed E-state index contributed by atoms with van der Waals surface area (Å²) in [5, 5.41) is 8.07. The lowest BCUT2D eigenvalue weighted by molar-refractivity contribution is -0.142. The zero-order valence-corrected chi connectivity index (χ0v) is 16.7. The fourth-order valence-corrected chi connectivity index (χ4v) is 3.83. The third-order valence-corrected chi connectivity index (χ3v) is 5.29. The Bertz CT molecular complexity index is 796. The maximum absolute atomic E-state index is 12.4. The van der Waals surface area contributed by atoms with Crippen LogP contribution in [0.1, 0.15) is 6.42 Å². The van der Waals surface area contributed by atoms with Gasteiger partial charge < -0.3 is 20.1 Å². The van der Waals surface area contributed by atoms with Crippen LogP contribution in [-0.2, 0) is 14.3 Å². The summed E-state index contributed by atoms with van der Waals surface area (Å²) in [5.74, 6) is 2.17. The first-order chi connectivity index (χ1) is 12.7. The van der Waals surface area contributed by atoms with Gasteiger partial charge in [0.15, 0.2) is 6.61 Å². The number of halogens is 1. The summed E-state index contributed by atoms with van der Waals surface area (Å²) in [6.45, 7) is 0.787. The van der Waals surface area contributed by atoms with Gasteiger partial charge in [0.1, 0.15) is 5.75 Å². The second kappa shape index (κ2) is 10.4. The Balaban J connectivity index is 0.00000261. The minimum Gasteiger partial charge on any atom is -0.481 e. The van der Waals surface area contributed by atoms with Crippen LogP contribution in [0.4, 0.5) is 5.69 Å². The van der Waals surface area contributed by atoms with E-state index >= 15 is 0 Å². The largest absolute Gasteiger partial charge is 0.481 e. The Morgan fingerprint density at radius 3 is 2.70 bits per heavy atom. The van der Waals surface area contributed by atoms with Crippen molar-refractivity contribution in [2.24, 2.45) is 0 Å². The van der Waals surface area contributed by atoms with Crippen molar-refractivity contribution in [3.63, 3.8) is 0 Å². The summed E-state index contributed by atoms with van der Waals surface area (Å²) >= 11 is 1.87. The molecule has 0 aromatic heterocycles. The molecular weight excluding hydrogens is 388 g/mol. The smallest absolute Gasteiger partial charge is 0.343 e. The first-order valence-corrected chi connectivity index (χ1v) is 9.65. The lowest BCUT2D eigenvalue weighted by Crippen LogP contribution is -2.39. The molecule has 146 valence electrons. The van der Waals surface area contributed by atoms with Gasteiger partial charge in [0.05, 0.1) is 7.11 Å². The molecule has 1 aliphatic heterocycles. The summed E-state index contributed by atoms with van der Waals surface area (Å²) < 4.78 is 10.2. The van der Waals surface area contributed by atoms with E-state index in [-0.39, 0.29) is 31.0 Å². The molecule has 0 bridgehead atoms. The number of rotatable bonds is 6. The number of ether oxygens (including phenoxy) is 2. The Morgan fingerprint density at radius 2 is 2.00 bits per heavy atom. The van der Waals surface area contributed by atoms with Gasteiger partial charge >= 0.3 is 5.97 Å². The number of fused-ring (bicyclic) bond motifs is 1. The van der Waals surface area contributed by atoms with E-state index in [9.17, 15) is 9.59 Å². The van der Waals surface area contributed by atoms with Crippen molar-refractivity contribution in [3.05, 3.63) is 36.4 Å². The maximum Gasteiger partial charge on any atom is 0.343 e. The number of thioether (sulfide) groups is 1. The molecule has 2 aromatic rings. The van der Waals surface area contributed by atoms with E-state index in [1.165, 1.54) is 7.11 Å². The topological polar surface area (TPSA) is 76.7 Å². The highest BCUT2D eigenvalue weighted by Crippen LogP contribution is 2.31. The number of anilines is 1. The van der Waals surface area contributed by atoms with Crippen molar-refractivity contribution in [1.29, 1.82) is 0 Å². The molecule has 1 unspecified atom stereocenters. The average molecular weight is 411 g/mol. The van der Waals surface area contributed by atoms with Gasteiger partial charge in [-0.25, -0.2) is 4.79 Å². The van der Waals surface area contributed by atoms with Crippen LogP contribution in [0.5, 0.6) is 5.75 Å². The van der Waals surface area contributed by atoms with E-state index in [4.69, 9.17) is 4.74 Å². The van der Waals surface area contributed by atoms with Crippen LogP contribution in [0.15, 0.2) is 36.4 Å². The summed E-state index contributed by atoms with van der Waals surface area (Å²) in [6, 6.07) is 11.4. The molecule has 0 radical (unpaired) electrons. The Labute approximate surface area is 168 Å². The molecule has 1 heterocycles. The zero-order valence-electron chi connectivity index (χ0n) is 15.0. The number of methoxy groups -OCH3 is 1. The third-order valence-electron chi connectivity index (χ3n) is 4.16. The summed E-state index contributed by atoms with van der Waals surface area (Å²) in [4.78, 5) is 23.7. The van der Waals surface area contributed by atoms with Crippen LogP contribution in [-0.4, -0.2) is 49.7 Å². The predicted molar refractivity (Wildman–Crippen MR) is 111 cm³/mol. The lowest BCUT2D eigenvalue weighted by atomic mass is 10.1. The van der Waals surface area contributed by atoms with Crippen molar-refractivity contribution in [1.82, 2.24) is 5.32 Å². The average Bonchev–Trinajstić information content (AvgIpc) is 2.67. The van der Waals surface area contributed by atoms with Gasteiger partial charge in [-0.05, 0) is 12.1 Å². The summed E-state index contributed by atoms with van der Waals surface area (Å²) in [5.41, 5.74) is 0.736. The molecule has 2 N–H and O–H groups in total. The van der Waals surface area contributed by atoms with E-state index in [1.54, 1.807) is 12.1 Å². The van der Waals surface area contributed by atoms with E-state index < -0.39 is 5.97 Å². The van der Waals surface area contributed by atoms with Gasteiger partial charge in [0.2, 0.25) is 5.91 Å². The van der Waals surface area contributed by atoms with Crippen molar-refractivity contribution >= 4 is 52.5 Å². The molecule has 8 heteroatoms. The second-order valence-corrected chi connectivity index (χ2v) is 7.15. The monoisotopic (exact) mass is 410 g/mol. The minimum atomic E-state index is -0.440. The number of carbonyl (C=O) groups is 2. The van der Waals surface area contributed by atoms with E-state index in [0.717, 1.165) is 34.5 Å². The number of carbonyl (C=O) groups excluding carboxylic acids is 2. The van der Waals surface area contributed by atoms with Gasteiger partial charge in [-0.2, -0.15) is 11.8 Å². The van der Waals surface area contributed by atoms with Crippen molar-refractivity contribution in [2.75, 3.05) is 37.1 Å². The zero-order chi connectivity index (χ0) is 18.4. The molecule has 1 saturated heterocycles. The standard InChI is InChI=1S/C19H22N2O4S.ClH/c1-24-19(23)11-25-17-7-6-16(14-4-2-3-5-15(14)17)21-18(22)10-13-12-26-9-8-20-13;/h2-7,13,20H,8-12H2,1H3,(H,21,22);1H. The molecular formula is C19H23ClN2O4S. The molecule has 1 aliphatic rings. The van der Waals surface area contributed by atoms with Gasteiger partial charge in [0.25, 0.3) is 0 Å². The van der Waals surface area contributed by atoms with Crippen molar-refractivity contribution < 1.29 is 19.1 Å². The summed E-state index contributed by atoms with van der Waals surface area (Å²) in [6.07, 6.45) is 0.446. The molecule has 1 atom stereocenters. The fourth-order valence-electron chi connectivity index (χ4n) is 2.88.